The molecule has 0 amide bonds. The Bertz CT molecular complexity index is 1380. The smallest absolute Gasteiger partial charge is 0.210 e. The van der Waals surface area contributed by atoms with E-state index in [2.05, 4.69) is 0 Å². The van der Waals surface area contributed by atoms with Gasteiger partial charge < -0.3 is 5.11 Å². The predicted molar refractivity (Wildman–Crippen MR) is 148 cm³/mol. The van der Waals surface area contributed by atoms with Gasteiger partial charge in [0, 0.05) is 0 Å². The van der Waals surface area contributed by atoms with Crippen LogP contribution in [-0.4, -0.2) is 21.9 Å². The van der Waals surface area contributed by atoms with Crippen LogP contribution in [0.15, 0.2) is 80.2 Å². The van der Waals surface area contributed by atoms with Gasteiger partial charge in [0.1, 0.15) is 10.6 Å². The number of phenols is 1. The highest BCUT2D eigenvalue weighted by Gasteiger charge is 2.28. The zero-order valence-electron chi connectivity index (χ0n) is 21.9. The molecule has 0 spiro atoms. The summed E-state index contributed by atoms with van der Waals surface area (Å²) in [5.74, 6) is 0.442. The molecule has 38 heavy (non-hydrogen) atoms. The second-order valence-corrected chi connectivity index (χ2v) is 14.7. The second kappa shape index (κ2) is 10.9. The lowest BCUT2D eigenvalue weighted by molar-refractivity contribution is 0.443. The SMILES string of the molecule is Cc1cc(O)c(S(=O)(=O)c2ccc(C3CCCCC3)cc2)cc1S(=O)(=O)c1ccc(C2CCCCC2)cc1. The molecule has 2 aliphatic carbocycles. The number of hydrogen-bond donors (Lipinski definition) is 1. The third-order valence-electron chi connectivity index (χ3n) is 8.37. The third kappa shape index (κ3) is 5.28. The van der Waals surface area contributed by atoms with Crippen molar-refractivity contribution in [3.8, 4) is 5.75 Å². The van der Waals surface area contributed by atoms with Gasteiger partial charge in [-0.3, -0.25) is 0 Å². The van der Waals surface area contributed by atoms with Crippen molar-refractivity contribution in [3.05, 3.63) is 77.4 Å². The third-order valence-corrected chi connectivity index (χ3v) is 12.1. The van der Waals surface area contributed by atoms with Crippen molar-refractivity contribution in [2.75, 3.05) is 0 Å². The van der Waals surface area contributed by atoms with E-state index in [4.69, 9.17) is 0 Å². The van der Waals surface area contributed by atoms with E-state index in [9.17, 15) is 21.9 Å². The quantitative estimate of drug-likeness (QED) is 0.343. The summed E-state index contributed by atoms with van der Waals surface area (Å²) in [4.78, 5) is -0.355. The maximum atomic E-state index is 13.6. The summed E-state index contributed by atoms with van der Waals surface area (Å²) < 4.78 is 54.3. The Labute approximate surface area is 226 Å². The fourth-order valence-corrected chi connectivity index (χ4v) is 9.06. The molecule has 0 heterocycles. The highest BCUT2D eigenvalue weighted by molar-refractivity contribution is 7.92. The van der Waals surface area contributed by atoms with Crippen LogP contribution in [-0.2, 0) is 19.7 Å². The first-order chi connectivity index (χ1) is 18.2. The summed E-state index contributed by atoms with van der Waals surface area (Å²) in [5, 5.41) is 10.6. The lowest BCUT2D eigenvalue weighted by Gasteiger charge is -2.22. The number of aromatic hydroxyl groups is 1. The van der Waals surface area contributed by atoms with Crippen molar-refractivity contribution in [3.63, 3.8) is 0 Å². The van der Waals surface area contributed by atoms with Crippen LogP contribution in [0, 0.1) is 6.92 Å². The van der Waals surface area contributed by atoms with Crippen molar-refractivity contribution in [2.24, 2.45) is 0 Å². The summed E-state index contributed by atoms with van der Waals surface area (Å²) >= 11 is 0. The molecule has 2 fully saturated rings. The average molecular weight is 553 g/mol. The molecule has 0 saturated heterocycles. The summed E-state index contributed by atoms with van der Waals surface area (Å²) in [5.41, 5.74) is 2.56. The standard InChI is InChI=1S/C31H36O5S2/c1-22-20-29(32)31(38(35,36)28-18-14-26(15-19-28)24-10-6-3-7-11-24)21-30(22)37(33,34)27-16-12-25(13-17-27)23-8-4-2-5-9-23/h12-21,23-24,32H,2-11H2,1H3. The predicted octanol–water partition coefficient (Wildman–Crippen LogP) is 7.46. The minimum atomic E-state index is -4.13. The summed E-state index contributed by atoms with van der Waals surface area (Å²) in [6.07, 6.45) is 11.7. The Morgan fingerprint density at radius 2 is 0.974 bits per heavy atom. The second-order valence-electron chi connectivity index (χ2n) is 10.9. The molecule has 202 valence electrons. The molecule has 2 aliphatic rings. The number of rotatable bonds is 6. The largest absolute Gasteiger partial charge is 0.507 e. The van der Waals surface area contributed by atoms with Crippen LogP contribution in [0.3, 0.4) is 0 Å². The maximum absolute atomic E-state index is 13.6. The van der Waals surface area contributed by atoms with Gasteiger partial charge in [0.05, 0.1) is 14.7 Å². The number of phenolic OH excluding ortho intramolecular Hbond substituents is 1. The molecule has 0 bridgehead atoms. The van der Waals surface area contributed by atoms with E-state index in [-0.39, 0.29) is 14.7 Å². The zero-order chi connectivity index (χ0) is 26.9. The first-order valence-corrected chi connectivity index (χ1v) is 16.7. The van der Waals surface area contributed by atoms with E-state index in [1.807, 2.05) is 24.3 Å². The van der Waals surface area contributed by atoms with Crippen molar-refractivity contribution in [1.82, 2.24) is 0 Å². The lowest BCUT2D eigenvalue weighted by atomic mass is 9.84. The van der Waals surface area contributed by atoms with E-state index in [1.165, 1.54) is 44.6 Å². The molecule has 0 aliphatic heterocycles. The highest BCUT2D eigenvalue weighted by Crippen LogP contribution is 2.38. The first-order valence-electron chi connectivity index (χ1n) is 13.7. The number of benzene rings is 3. The van der Waals surface area contributed by atoms with Crippen LogP contribution >= 0.6 is 0 Å². The van der Waals surface area contributed by atoms with E-state index in [1.54, 1.807) is 31.2 Å². The van der Waals surface area contributed by atoms with Gasteiger partial charge in [0.15, 0.2) is 0 Å². The minimum absolute atomic E-state index is 0.0383. The van der Waals surface area contributed by atoms with Gasteiger partial charge in [-0.05, 0) is 97.5 Å². The van der Waals surface area contributed by atoms with Crippen molar-refractivity contribution in [2.45, 2.75) is 103 Å². The van der Waals surface area contributed by atoms with Crippen molar-refractivity contribution >= 4 is 19.7 Å². The van der Waals surface area contributed by atoms with Gasteiger partial charge in [0.25, 0.3) is 0 Å². The van der Waals surface area contributed by atoms with Crippen LogP contribution in [0.2, 0.25) is 0 Å². The van der Waals surface area contributed by atoms with Crippen LogP contribution in [0.25, 0.3) is 0 Å². The lowest BCUT2D eigenvalue weighted by Crippen LogP contribution is -2.09. The highest BCUT2D eigenvalue weighted by atomic mass is 32.2. The average Bonchev–Trinajstić information content (AvgIpc) is 2.94. The fourth-order valence-electron chi connectivity index (χ4n) is 6.12. The van der Waals surface area contributed by atoms with E-state index in [0.29, 0.717) is 17.4 Å². The minimum Gasteiger partial charge on any atom is -0.507 e. The molecule has 0 unspecified atom stereocenters. The Kier molecular flexibility index (Phi) is 7.70. The van der Waals surface area contributed by atoms with Gasteiger partial charge >= 0.3 is 0 Å². The molecule has 0 radical (unpaired) electrons. The van der Waals surface area contributed by atoms with E-state index >= 15 is 0 Å². The van der Waals surface area contributed by atoms with Crippen LogP contribution < -0.4 is 0 Å². The maximum Gasteiger partial charge on any atom is 0.210 e. The van der Waals surface area contributed by atoms with Crippen molar-refractivity contribution in [1.29, 1.82) is 0 Å². The molecule has 3 aromatic carbocycles. The Hall–Kier alpha value is -2.64. The summed E-state index contributed by atoms with van der Waals surface area (Å²) in [7, 11) is -8.13. The molecule has 7 heteroatoms. The van der Waals surface area contributed by atoms with Crippen LogP contribution in [0.5, 0.6) is 5.75 Å². The fraction of sp³-hybridized carbons (Fsp3) is 0.419. The topological polar surface area (TPSA) is 88.5 Å². The Morgan fingerprint density at radius 3 is 1.39 bits per heavy atom. The van der Waals surface area contributed by atoms with Crippen molar-refractivity contribution < 1.29 is 21.9 Å². The van der Waals surface area contributed by atoms with E-state index in [0.717, 1.165) is 42.9 Å². The molecular weight excluding hydrogens is 516 g/mol. The normalized spacial score (nSPS) is 17.9. The van der Waals surface area contributed by atoms with Gasteiger partial charge in [0.2, 0.25) is 19.7 Å². The molecule has 5 nitrogen and oxygen atoms in total. The van der Waals surface area contributed by atoms with Crippen LogP contribution in [0.1, 0.15) is 92.7 Å². The Balaban J connectivity index is 1.46. The van der Waals surface area contributed by atoms with Crippen LogP contribution in [0.4, 0.5) is 0 Å². The molecule has 1 N–H and O–H groups in total. The first kappa shape index (κ1) is 26.9. The van der Waals surface area contributed by atoms with E-state index < -0.39 is 30.3 Å². The van der Waals surface area contributed by atoms with Gasteiger partial charge in [-0.15, -0.1) is 0 Å². The number of hydrogen-bond acceptors (Lipinski definition) is 5. The number of sulfone groups is 2. The van der Waals surface area contributed by atoms with Gasteiger partial charge in [-0.2, -0.15) is 0 Å². The Morgan fingerprint density at radius 1 is 0.579 bits per heavy atom. The zero-order valence-corrected chi connectivity index (χ0v) is 23.5. The molecule has 0 aromatic heterocycles. The van der Waals surface area contributed by atoms with Gasteiger partial charge in [-0.25, -0.2) is 16.8 Å². The van der Waals surface area contributed by atoms with Gasteiger partial charge in [-0.1, -0.05) is 62.8 Å². The molecule has 2 saturated carbocycles. The number of aryl methyl sites for hydroxylation is 1. The monoisotopic (exact) mass is 552 g/mol. The molecule has 0 atom stereocenters. The summed E-state index contributed by atoms with van der Waals surface area (Å²) in [6.45, 7) is 1.57. The summed E-state index contributed by atoms with van der Waals surface area (Å²) in [6, 6.07) is 16.2. The molecule has 3 aromatic rings. The molecular formula is C31H36O5S2. The molecule has 5 rings (SSSR count).